The van der Waals surface area contributed by atoms with Gasteiger partial charge in [-0.25, -0.2) is 8.78 Å². The molecule has 3 aromatic rings. The maximum absolute atomic E-state index is 12.9. The number of H-pyrrole nitrogens is 1. The molecule has 1 aliphatic rings. The van der Waals surface area contributed by atoms with Crippen LogP contribution in [-0.2, 0) is 0 Å². The van der Waals surface area contributed by atoms with Gasteiger partial charge >= 0.3 is 0 Å². The number of hydrogen-bond donors (Lipinski definition) is 2. The number of pyridine rings is 1. The summed E-state index contributed by atoms with van der Waals surface area (Å²) in [5.74, 6) is -0.204. The Morgan fingerprint density at radius 2 is 1.84 bits per heavy atom. The quantitative estimate of drug-likeness (QED) is 0.436. The molecule has 0 saturated heterocycles. The smallest absolute Gasteiger partial charge is 0.278 e. The second kappa shape index (κ2) is 8.42. The molecular formula is C21H15F2N3O5S. The molecule has 8 nitrogen and oxygen atoms in total. The Balaban J connectivity index is 1.76. The third-order valence-electron chi connectivity index (χ3n) is 4.96. The number of nitrogens with zero attached hydrogens (tertiary/aromatic N) is 1. The molecule has 1 atom stereocenters. The molecular weight excluding hydrogens is 444 g/mol. The Morgan fingerprint density at radius 3 is 2.47 bits per heavy atom. The number of carbonyl (C=O) groups is 1. The summed E-state index contributed by atoms with van der Waals surface area (Å²) in [7, 11) is 1.50. The van der Waals surface area contributed by atoms with Crippen LogP contribution in [0.2, 0.25) is 0 Å². The molecule has 2 N–H and O–H groups in total. The fourth-order valence-corrected chi connectivity index (χ4v) is 4.58. The average molecular weight is 459 g/mol. The first-order valence-electron chi connectivity index (χ1n) is 9.25. The van der Waals surface area contributed by atoms with Gasteiger partial charge in [0.2, 0.25) is 0 Å². The molecule has 1 unspecified atom stereocenters. The van der Waals surface area contributed by atoms with E-state index in [9.17, 15) is 28.5 Å². The molecule has 2 heterocycles. The van der Waals surface area contributed by atoms with Gasteiger partial charge in [0.25, 0.3) is 23.6 Å². The van der Waals surface area contributed by atoms with E-state index in [1.165, 1.54) is 31.0 Å². The number of carbonyl (C=O) groups excluding carboxylic acids is 1. The molecule has 0 radical (unpaired) electrons. The van der Waals surface area contributed by atoms with E-state index in [-0.39, 0.29) is 11.3 Å². The number of halogens is 2. The number of ether oxygens (including phenoxy) is 1. The van der Waals surface area contributed by atoms with Crippen LogP contribution in [0.3, 0.4) is 0 Å². The number of aromatic nitrogens is 1. The molecule has 0 fully saturated rings. The van der Waals surface area contributed by atoms with Crippen molar-refractivity contribution in [2.75, 3.05) is 7.11 Å². The number of alkyl halides is 2. The predicted octanol–water partition coefficient (Wildman–Crippen LogP) is 4.21. The van der Waals surface area contributed by atoms with Gasteiger partial charge in [-0.2, -0.15) is 0 Å². The number of methoxy groups -OCH3 is 1. The molecule has 164 valence electrons. The van der Waals surface area contributed by atoms with Gasteiger partial charge in [-0.15, -0.1) is 0 Å². The minimum Gasteiger partial charge on any atom is -0.497 e. The summed E-state index contributed by atoms with van der Waals surface area (Å²) in [6.45, 7) is 0. The van der Waals surface area contributed by atoms with Crippen molar-refractivity contribution < 1.29 is 23.2 Å². The molecule has 0 bridgehead atoms. The third kappa shape index (κ3) is 3.94. The van der Waals surface area contributed by atoms with Crippen molar-refractivity contribution in [1.82, 2.24) is 10.3 Å². The average Bonchev–Trinajstić information content (AvgIpc) is 2.77. The van der Waals surface area contributed by atoms with E-state index >= 15 is 0 Å². The molecule has 0 saturated carbocycles. The molecule has 32 heavy (non-hydrogen) atoms. The molecule has 2 aromatic carbocycles. The van der Waals surface area contributed by atoms with Gasteiger partial charge in [0, 0.05) is 21.9 Å². The molecule has 0 spiro atoms. The van der Waals surface area contributed by atoms with Crippen molar-refractivity contribution in [3.8, 4) is 5.75 Å². The highest BCUT2D eigenvalue weighted by Crippen LogP contribution is 2.47. The summed E-state index contributed by atoms with van der Waals surface area (Å²) in [5, 5.41) is 14.0. The highest BCUT2D eigenvalue weighted by atomic mass is 32.2. The minimum absolute atomic E-state index is 0.105. The summed E-state index contributed by atoms with van der Waals surface area (Å²) in [5.41, 5.74) is -0.656. The van der Waals surface area contributed by atoms with Gasteiger partial charge in [0.1, 0.15) is 11.3 Å². The van der Waals surface area contributed by atoms with Crippen molar-refractivity contribution in [2.45, 2.75) is 22.3 Å². The lowest BCUT2D eigenvalue weighted by Crippen LogP contribution is -2.34. The largest absolute Gasteiger partial charge is 0.497 e. The summed E-state index contributed by atoms with van der Waals surface area (Å²) in [6.07, 6.45) is -2.88. The number of fused-ring (bicyclic) bond motifs is 2. The molecule has 4 rings (SSSR count). The Kier molecular flexibility index (Phi) is 5.66. The van der Waals surface area contributed by atoms with Crippen molar-refractivity contribution in [2.24, 2.45) is 0 Å². The zero-order valence-corrected chi connectivity index (χ0v) is 17.2. The minimum atomic E-state index is -2.88. The van der Waals surface area contributed by atoms with E-state index in [0.717, 1.165) is 12.1 Å². The second-order valence-corrected chi connectivity index (χ2v) is 7.93. The highest BCUT2D eigenvalue weighted by molar-refractivity contribution is 7.99. The number of hydrogen-bond acceptors (Lipinski definition) is 6. The SMILES string of the molecule is COc1ccc2c(c1)Sc1cc([N+](=O)[O-])ccc1C2NC(=O)c1ccc(C(F)F)[nH]c1=O. The molecule has 1 amide bonds. The Labute approximate surface area is 183 Å². The number of benzene rings is 2. The van der Waals surface area contributed by atoms with Gasteiger partial charge in [0.05, 0.1) is 23.8 Å². The van der Waals surface area contributed by atoms with E-state index in [1.54, 1.807) is 24.3 Å². The van der Waals surface area contributed by atoms with Crippen molar-refractivity contribution >= 4 is 23.4 Å². The van der Waals surface area contributed by atoms with Crippen LogP contribution in [-0.4, -0.2) is 22.9 Å². The number of nitrogens with one attached hydrogen (secondary N) is 2. The number of aromatic amines is 1. The zero-order valence-electron chi connectivity index (χ0n) is 16.4. The summed E-state index contributed by atoms with van der Waals surface area (Å²) in [6, 6.07) is 10.8. The van der Waals surface area contributed by atoms with Gasteiger partial charge in [0.15, 0.2) is 0 Å². The van der Waals surface area contributed by atoms with E-state index in [2.05, 4.69) is 5.32 Å². The lowest BCUT2D eigenvalue weighted by molar-refractivity contribution is -0.385. The van der Waals surface area contributed by atoms with Crippen molar-refractivity contribution in [1.29, 1.82) is 0 Å². The molecule has 1 aliphatic heterocycles. The zero-order chi connectivity index (χ0) is 23.0. The number of rotatable bonds is 5. The van der Waals surface area contributed by atoms with Gasteiger partial charge < -0.3 is 15.0 Å². The molecule has 1 aromatic heterocycles. The van der Waals surface area contributed by atoms with Gasteiger partial charge in [-0.05, 0) is 41.5 Å². The van der Waals surface area contributed by atoms with Crippen LogP contribution in [0.25, 0.3) is 0 Å². The van der Waals surface area contributed by atoms with Crippen LogP contribution < -0.4 is 15.6 Å². The third-order valence-corrected chi connectivity index (χ3v) is 6.10. The van der Waals surface area contributed by atoms with E-state index in [1.807, 2.05) is 4.98 Å². The van der Waals surface area contributed by atoms with Crippen LogP contribution in [0.15, 0.2) is 63.1 Å². The Bertz CT molecular complexity index is 1290. The van der Waals surface area contributed by atoms with E-state index < -0.39 is 34.6 Å². The number of amides is 1. The first-order valence-corrected chi connectivity index (χ1v) is 10.1. The van der Waals surface area contributed by atoms with Crippen LogP contribution >= 0.6 is 11.8 Å². The fraction of sp³-hybridized carbons (Fsp3) is 0.143. The summed E-state index contributed by atoms with van der Waals surface area (Å²) < 4.78 is 30.9. The number of nitro benzene ring substituents is 1. The Morgan fingerprint density at radius 1 is 1.16 bits per heavy atom. The Hall–Kier alpha value is -3.73. The normalized spacial score (nSPS) is 14.4. The standard InChI is InChI=1S/C21H15F2N3O5S/c1-31-11-3-5-13-17(9-11)32-16-8-10(26(29)30)2-4-12(16)18(13)25-21(28)14-6-7-15(19(22)23)24-20(14)27/h2-9,18-19H,1H3,(H,24,27)(H,25,28). The lowest BCUT2D eigenvalue weighted by atomic mass is 9.97. The molecule has 0 aliphatic carbocycles. The van der Waals surface area contributed by atoms with Crippen LogP contribution in [0, 0.1) is 10.1 Å². The van der Waals surface area contributed by atoms with E-state index in [0.29, 0.717) is 26.7 Å². The van der Waals surface area contributed by atoms with Crippen molar-refractivity contribution in [3.05, 3.63) is 91.4 Å². The topological polar surface area (TPSA) is 114 Å². The first kappa shape index (κ1) is 21.5. The van der Waals surface area contributed by atoms with E-state index in [4.69, 9.17) is 4.74 Å². The summed E-state index contributed by atoms with van der Waals surface area (Å²) in [4.78, 5) is 39.0. The van der Waals surface area contributed by atoms with Gasteiger partial charge in [-0.1, -0.05) is 17.8 Å². The van der Waals surface area contributed by atoms with Crippen molar-refractivity contribution in [3.63, 3.8) is 0 Å². The number of non-ortho nitro benzene ring substituents is 1. The first-order chi connectivity index (χ1) is 15.3. The van der Waals surface area contributed by atoms with Crippen LogP contribution in [0.5, 0.6) is 5.75 Å². The predicted molar refractivity (Wildman–Crippen MR) is 112 cm³/mol. The van der Waals surface area contributed by atoms with Crippen LogP contribution in [0.4, 0.5) is 14.5 Å². The maximum Gasteiger partial charge on any atom is 0.278 e. The monoisotopic (exact) mass is 459 g/mol. The second-order valence-electron chi connectivity index (χ2n) is 6.85. The number of nitro groups is 1. The van der Waals surface area contributed by atoms with Crippen LogP contribution in [0.1, 0.15) is 39.6 Å². The fourth-order valence-electron chi connectivity index (χ4n) is 3.38. The lowest BCUT2D eigenvalue weighted by Gasteiger charge is -2.28. The summed E-state index contributed by atoms with van der Waals surface area (Å²) >= 11 is 1.29. The maximum atomic E-state index is 12.9. The highest BCUT2D eigenvalue weighted by Gasteiger charge is 2.30. The van der Waals surface area contributed by atoms with Gasteiger partial charge in [-0.3, -0.25) is 19.7 Å². The molecule has 11 heteroatoms.